The van der Waals surface area contributed by atoms with E-state index >= 15 is 0 Å². The van der Waals surface area contributed by atoms with Gasteiger partial charge in [0.15, 0.2) is 0 Å². The Morgan fingerprint density at radius 3 is 2.48 bits per heavy atom. The fraction of sp³-hybridized carbons (Fsp3) is 0. The summed E-state index contributed by atoms with van der Waals surface area (Å²) < 4.78 is 0. The molecule has 2 rings (SSSR count). The Morgan fingerprint density at radius 1 is 1.19 bits per heavy atom. The van der Waals surface area contributed by atoms with Crippen LogP contribution in [0.3, 0.4) is 0 Å². The first kappa shape index (κ1) is 15.1. The predicted octanol–water partition coefficient (Wildman–Crippen LogP) is 4.34. The van der Waals surface area contributed by atoms with Crippen molar-refractivity contribution < 1.29 is 14.8 Å². The molecule has 21 heavy (non-hydrogen) atoms. The van der Waals surface area contributed by atoms with E-state index in [-0.39, 0.29) is 5.56 Å². The zero-order valence-corrected chi connectivity index (χ0v) is 11.9. The van der Waals surface area contributed by atoms with Crippen LogP contribution in [0, 0.1) is 10.1 Å². The van der Waals surface area contributed by atoms with Gasteiger partial charge in [0, 0.05) is 16.8 Å². The second kappa shape index (κ2) is 5.99. The molecule has 0 aromatic heterocycles. The third kappa shape index (κ3) is 3.42. The summed E-state index contributed by atoms with van der Waals surface area (Å²) in [7, 11) is 0. The van der Waals surface area contributed by atoms with Crippen molar-refractivity contribution in [2.75, 3.05) is 5.32 Å². The van der Waals surface area contributed by atoms with E-state index in [9.17, 15) is 14.9 Å². The molecule has 108 valence electrons. The lowest BCUT2D eigenvalue weighted by molar-refractivity contribution is -0.385. The molecule has 2 aromatic carbocycles. The summed E-state index contributed by atoms with van der Waals surface area (Å²) in [5, 5.41) is 23.5. The Hall–Kier alpha value is -2.31. The standard InChI is InChI=1S/C13H8Cl2N2O4/c14-7-1-4-11(10(15)5-7)16-8-2-3-9(13(18)19)12(6-8)17(20)21/h1-6,16H,(H,18,19). The van der Waals surface area contributed by atoms with Crippen LogP contribution in [0.5, 0.6) is 0 Å². The lowest BCUT2D eigenvalue weighted by atomic mass is 10.1. The summed E-state index contributed by atoms with van der Waals surface area (Å²) in [6, 6.07) is 8.45. The highest BCUT2D eigenvalue weighted by Crippen LogP contribution is 2.30. The molecular formula is C13H8Cl2N2O4. The summed E-state index contributed by atoms with van der Waals surface area (Å²) in [5.74, 6) is -1.36. The van der Waals surface area contributed by atoms with Gasteiger partial charge in [-0.25, -0.2) is 4.79 Å². The summed E-state index contributed by atoms with van der Waals surface area (Å²) in [6.45, 7) is 0. The van der Waals surface area contributed by atoms with Crippen molar-refractivity contribution in [2.45, 2.75) is 0 Å². The molecule has 0 saturated heterocycles. The predicted molar refractivity (Wildman–Crippen MR) is 79.8 cm³/mol. The van der Waals surface area contributed by atoms with Crippen LogP contribution in [0.4, 0.5) is 17.1 Å². The summed E-state index contributed by atoms with van der Waals surface area (Å²) in [5.41, 5.74) is -0.0419. The van der Waals surface area contributed by atoms with Gasteiger partial charge < -0.3 is 10.4 Å². The molecule has 0 spiro atoms. The van der Waals surface area contributed by atoms with Crippen LogP contribution in [0.2, 0.25) is 10.0 Å². The van der Waals surface area contributed by atoms with Gasteiger partial charge in [0.25, 0.3) is 5.69 Å². The Morgan fingerprint density at radius 2 is 1.90 bits per heavy atom. The first-order valence-electron chi connectivity index (χ1n) is 5.62. The molecule has 6 nitrogen and oxygen atoms in total. The number of carboxylic acid groups (broad SMARTS) is 1. The molecule has 0 aliphatic heterocycles. The highest BCUT2D eigenvalue weighted by molar-refractivity contribution is 6.36. The van der Waals surface area contributed by atoms with Crippen LogP contribution in [-0.4, -0.2) is 16.0 Å². The van der Waals surface area contributed by atoms with Gasteiger partial charge in [0.1, 0.15) is 5.56 Å². The molecule has 0 aliphatic carbocycles. The second-order valence-electron chi connectivity index (χ2n) is 4.04. The zero-order valence-electron chi connectivity index (χ0n) is 10.3. The van der Waals surface area contributed by atoms with Crippen molar-refractivity contribution in [1.82, 2.24) is 0 Å². The molecule has 0 aliphatic rings. The number of benzene rings is 2. The highest BCUT2D eigenvalue weighted by Gasteiger charge is 2.20. The van der Waals surface area contributed by atoms with Gasteiger partial charge in [-0.2, -0.15) is 0 Å². The largest absolute Gasteiger partial charge is 0.477 e. The van der Waals surface area contributed by atoms with Crippen molar-refractivity contribution in [1.29, 1.82) is 0 Å². The van der Waals surface area contributed by atoms with E-state index in [1.807, 2.05) is 0 Å². The summed E-state index contributed by atoms with van der Waals surface area (Å²) >= 11 is 11.8. The van der Waals surface area contributed by atoms with Gasteiger partial charge in [-0.1, -0.05) is 23.2 Å². The molecule has 0 bridgehead atoms. The fourth-order valence-corrected chi connectivity index (χ4v) is 2.14. The average Bonchev–Trinajstić information content (AvgIpc) is 2.41. The number of hydrogen-bond donors (Lipinski definition) is 2. The molecule has 0 radical (unpaired) electrons. The maximum absolute atomic E-state index is 10.9. The number of hydrogen-bond acceptors (Lipinski definition) is 4. The van der Waals surface area contributed by atoms with Crippen molar-refractivity contribution in [3.05, 3.63) is 62.1 Å². The van der Waals surface area contributed by atoms with Crippen LogP contribution >= 0.6 is 23.2 Å². The average molecular weight is 327 g/mol. The van der Waals surface area contributed by atoms with Crippen LogP contribution < -0.4 is 5.32 Å². The first-order valence-corrected chi connectivity index (χ1v) is 6.38. The maximum Gasteiger partial charge on any atom is 0.342 e. The van der Waals surface area contributed by atoms with E-state index in [0.717, 1.165) is 12.1 Å². The number of nitrogens with zero attached hydrogens (tertiary/aromatic N) is 1. The molecule has 0 amide bonds. The minimum absolute atomic E-state index is 0.340. The van der Waals surface area contributed by atoms with Gasteiger partial charge in [0.2, 0.25) is 0 Å². The highest BCUT2D eigenvalue weighted by atomic mass is 35.5. The number of nitro benzene ring substituents is 1. The number of aromatic carboxylic acids is 1. The Balaban J connectivity index is 2.39. The minimum atomic E-state index is -1.36. The third-order valence-corrected chi connectivity index (χ3v) is 3.18. The molecule has 0 atom stereocenters. The number of nitro groups is 1. The molecule has 0 saturated carbocycles. The molecule has 0 heterocycles. The second-order valence-corrected chi connectivity index (χ2v) is 4.89. The van der Waals surface area contributed by atoms with E-state index in [2.05, 4.69) is 5.32 Å². The number of nitrogens with one attached hydrogen (secondary N) is 1. The first-order chi connectivity index (χ1) is 9.88. The Kier molecular flexibility index (Phi) is 4.30. The van der Waals surface area contributed by atoms with E-state index in [0.29, 0.717) is 21.4 Å². The molecule has 0 unspecified atom stereocenters. The summed E-state index contributed by atoms with van der Waals surface area (Å²) in [6.07, 6.45) is 0. The van der Waals surface area contributed by atoms with E-state index in [4.69, 9.17) is 28.3 Å². The van der Waals surface area contributed by atoms with Crippen molar-refractivity contribution in [3.63, 3.8) is 0 Å². The van der Waals surface area contributed by atoms with E-state index < -0.39 is 16.6 Å². The number of rotatable bonds is 4. The number of halogens is 2. The Labute approximate surface area is 129 Å². The van der Waals surface area contributed by atoms with Gasteiger partial charge in [-0.15, -0.1) is 0 Å². The Bertz CT molecular complexity index is 734. The SMILES string of the molecule is O=C(O)c1ccc(Nc2ccc(Cl)cc2Cl)cc1[N+](=O)[O-]. The maximum atomic E-state index is 10.9. The minimum Gasteiger partial charge on any atom is -0.477 e. The van der Waals surface area contributed by atoms with Gasteiger partial charge in [-0.05, 0) is 30.3 Å². The molecule has 2 N–H and O–H groups in total. The molecule has 2 aromatic rings. The molecular weight excluding hydrogens is 319 g/mol. The number of carbonyl (C=O) groups is 1. The van der Waals surface area contributed by atoms with E-state index in [1.165, 1.54) is 12.1 Å². The molecule has 0 fully saturated rings. The monoisotopic (exact) mass is 326 g/mol. The number of anilines is 2. The van der Waals surface area contributed by atoms with Gasteiger partial charge >= 0.3 is 5.97 Å². The number of carboxylic acids is 1. The van der Waals surface area contributed by atoms with Crippen LogP contribution in [-0.2, 0) is 0 Å². The van der Waals surface area contributed by atoms with Crippen LogP contribution in [0.15, 0.2) is 36.4 Å². The van der Waals surface area contributed by atoms with Crippen molar-refractivity contribution in [3.8, 4) is 0 Å². The third-order valence-electron chi connectivity index (χ3n) is 2.63. The van der Waals surface area contributed by atoms with Gasteiger partial charge in [0.05, 0.1) is 15.6 Å². The fourth-order valence-electron chi connectivity index (χ4n) is 1.69. The van der Waals surface area contributed by atoms with Crippen molar-refractivity contribution in [2.24, 2.45) is 0 Å². The topological polar surface area (TPSA) is 92.5 Å². The van der Waals surface area contributed by atoms with E-state index in [1.54, 1.807) is 12.1 Å². The molecule has 8 heteroatoms. The smallest absolute Gasteiger partial charge is 0.342 e. The quantitative estimate of drug-likeness (QED) is 0.643. The van der Waals surface area contributed by atoms with Crippen molar-refractivity contribution >= 4 is 46.2 Å². The van der Waals surface area contributed by atoms with Crippen LogP contribution in [0.1, 0.15) is 10.4 Å². The summed E-state index contributed by atoms with van der Waals surface area (Å²) in [4.78, 5) is 21.1. The lowest BCUT2D eigenvalue weighted by Gasteiger charge is -2.09. The zero-order chi connectivity index (χ0) is 15.6. The van der Waals surface area contributed by atoms with Crippen LogP contribution in [0.25, 0.3) is 0 Å². The normalized spacial score (nSPS) is 10.2. The lowest BCUT2D eigenvalue weighted by Crippen LogP contribution is -2.03. The van der Waals surface area contributed by atoms with Gasteiger partial charge in [-0.3, -0.25) is 10.1 Å².